The Kier molecular flexibility index (Phi) is 3.17. The van der Waals surface area contributed by atoms with E-state index in [1.165, 1.54) is 11.5 Å². The Hall–Kier alpha value is -1.01. The Morgan fingerprint density at radius 3 is 2.64 bits per heavy atom. The molecular formula is C8H14N4OS. The van der Waals surface area contributed by atoms with Gasteiger partial charge in [-0.25, -0.2) is 4.98 Å². The van der Waals surface area contributed by atoms with E-state index in [1.54, 1.807) is 0 Å². The van der Waals surface area contributed by atoms with Crippen molar-refractivity contribution in [1.82, 2.24) is 9.36 Å². The summed E-state index contributed by atoms with van der Waals surface area (Å²) < 4.78 is 4.15. The maximum absolute atomic E-state index is 10.9. The van der Waals surface area contributed by atoms with Crippen molar-refractivity contribution >= 4 is 22.6 Å². The lowest BCUT2D eigenvalue weighted by Gasteiger charge is -2.12. The standard InChI is InChI=1S/C8H14N4OS/c1-8(2,3)6-11-7(14-12-6)10-5(13)4-9/h4,9H2,1-3H3,(H,10,11,12,13). The van der Waals surface area contributed by atoms with Crippen LogP contribution in [0.2, 0.25) is 0 Å². The number of anilines is 1. The zero-order valence-corrected chi connectivity index (χ0v) is 9.31. The molecule has 1 heterocycles. The predicted molar refractivity (Wildman–Crippen MR) is 56.3 cm³/mol. The molecule has 0 aliphatic heterocycles. The fourth-order valence-electron chi connectivity index (χ4n) is 0.749. The molecule has 0 aliphatic carbocycles. The van der Waals surface area contributed by atoms with Gasteiger partial charge in [-0.05, 0) is 0 Å². The number of nitrogens with zero attached hydrogens (tertiary/aromatic N) is 2. The van der Waals surface area contributed by atoms with Gasteiger partial charge in [-0.1, -0.05) is 20.8 Å². The van der Waals surface area contributed by atoms with E-state index in [-0.39, 0.29) is 17.9 Å². The molecule has 0 unspecified atom stereocenters. The van der Waals surface area contributed by atoms with Crippen LogP contribution in [0.15, 0.2) is 0 Å². The van der Waals surface area contributed by atoms with Crippen LogP contribution in [-0.2, 0) is 10.2 Å². The summed E-state index contributed by atoms with van der Waals surface area (Å²) in [7, 11) is 0. The number of hydrogen-bond acceptors (Lipinski definition) is 5. The molecule has 0 saturated heterocycles. The van der Waals surface area contributed by atoms with Gasteiger partial charge < -0.3 is 5.73 Å². The summed E-state index contributed by atoms with van der Waals surface area (Å²) in [5.41, 5.74) is 5.06. The number of carbonyl (C=O) groups is 1. The van der Waals surface area contributed by atoms with Crippen LogP contribution in [0.5, 0.6) is 0 Å². The molecule has 3 N–H and O–H groups in total. The fraction of sp³-hybridized carbons (Fsp3) is 0.625. The molecule has 0 fully saturated rings. The Morgan fingerprint density at radius 2 is 2.21 bits per heavy atom. The largest absolute Gasteiger partial charge is 0.322 e. The molecule has 0 radical (unpaired) electrons. The zero-order valence-electron chi connectivity index (χ0n) is 8.50. The third-order valence-corrected chi connectivity index (χ3v) is 2.16. The highest BCUT2D eigenvalue weighted by atomic mass is 32.1. The van der Waals surface area contributed by atoms with Crippen molar-refractivity contribution in [2.75, 3.05) is 11.9 Å². The molecule has 1 rings (SSSR count). The first kappa shape index (κ1) is 11.1. The first-order valence-corrected chi connectivity index (χ1v) is 5.05. The highest BCUT2D eigenvalue weighted by molar-refractivity contribution is 7.09. The molecule has 5 nitrogen and oxygen atoms in total. The van der Waals surface area contributed by atoms with Crippen LogP contribution < -0.4 is 11.1 Å². The smallest absolute Gasteiger partial charge is 0.239 e. The maximum Gasteiger partial charge on any atom is 0.239 e. The van der Waals surface area contributed by atoms with Gasteiger partial charge >= 0.3 is 0 Å². The van der Waals surface area contributed by atoms with Gasteiger partial charge in [0.1, 0.15) is 5.82 Å². The monoisotopic (exact) mass is 214 g/mol. The van der Waals surface area contributed by atoms with Crippen LogP contribution in [-0.4, -0.2) is 21.8 Å². The van der Waals surface area contributed by atoms with Crippen molar-refractivity contribution in [3.63, 3.8) is 0 Å². The fourth-order valence-corrected chi connectivity index (χ4v) is 1.52. The van der Waals surface area contributed by atoms with E-state index in [0.29, 0.717) is 5.13 Å². The third kappa shape index (κ3) is 2.74. The molecular weight excluding hydrogens is 200 g/mol. The summed E-state index contributed by atoms with van der Waals surface area (Å²) in [6, 6.07) is 0. The van der Waals surface area contributed by atoms with Gasteiger partial charge in [0.2, 0.25) is 11.0 Å². The summed E-state index contributed by atoms with van der Waals surface area (Å²) in [6.07, 6.45) is 0. The van der Waals surface area contributed by atoms with Gasteiger partial charge in [0, 0.05) is 16.9 Å². The second kappa shape index (κ2) is 4.02. The van der Waals surface area contributed by atoms with Gasteiger partial charge in [-0.2, -0.15) is 4.37 Å². The van der Waals surface area contributed by atoms with Crippen molar-refractivity contribution in [2.45, 2.75) is 26.2 Å². The van der Waals surface area contributed by atoms with E-state index < -0.39 is 0 Å². The lowest BCUT2D eigenvalue weighted by Crippen LogP contribution is -2.22. The van der Waals surface area contributed by atoms with E-state index in [0.717, 1.165) is 5.82 Å². The van der Waals surface area contributed by atoms with Crippen LogP contribution in [0, 0.1) is 0 Å². The number of hydrogen-bond donors (Lipinski definition) is 2. The van der Waals surface area contributed by atoms with Gasteiger partial charge in [-0.15, -0.1) is 0 Å². The molecule has 0 aromatic carbocycles. The quantitative estimate of drug-likeness (QED) is 0.760. The molecule has 0 aliphatic rings. The third-order valence-electron chi connectivity index (χ3n) is 1.53. The zero-order chi connectivity index (χ0) is 10.8. The number of carbonyl (C=O) groups excluding carboxylic acids is 1. The summed E-state index contributed by atoms with van der Waals surface area (Å²) in [5.74, 6) is 0.483. The lowest BCUT2D eigenvalue weighted by molar-refractivity contribution is -0.114. The second-order valence-corrected chi connectivity index (χ2v) is 4.68. The minimum atomic E-state index is -0.249. The first-order chi connectivity index (χ1) is 6.43. The van der Waals surface area contributed by atoms with E-state index in [9.17, 15) is 4.79 Å². The van der Waals surface area contributed by atoms with E-state index in [1.807, 2.05) is 20.8 Å². The van der Waals surface area contributed by atoms with Crippen molar-refractivity contribution in [2.24, 2.45) is 5.73 Å². The van der Waals surface area contributed by atoms with Crippen molar-refractivity contribution in [1.29, 1.82) is 0 Å². The number of rotatable bonds is 2. The second-order valence-electron chi connectivity index (χ2n) is 3.93. The molecule has 0 atom stereocenters. The van der Waals surface area contributed by atoms with Crippen LogP contribution in [0.25, 0.3) is 0 Å². The molecule has 6 heteroatoms. The maximum atomic E-state index is 10.9. The van der Waals surface area contributed by atoms with Crippen LogP contribution in [0.1, 0.15) is 26.6 Å². The highest BCUT2D eigenvalue weighted by Gasteiger charge is 2.19. The molecule has 0 saturated carbocycles. The van der Waals surface area contributed by atoms with Gasteiger partial charge in [0.25, 0.3) is 0 Å². The number of nitrogens with one attached hydrogen (secondary N) is 1. The van der Waals surface area contributed by atoms with E-state index >= 15 is 0 Å². The molecule has 0 spiro atoms. The van der Waals surface area contributed by atoms with Crippen molar-refractivity contribution < 1.29 is 4.79 Å². The average Bonchev–Trinajstić information content (AvgIpc) is 2.51. The normalized spacial score (nSPS) is 11.4. The highest BCUT2D eigenvalue weighted by Crippen LogP contribution is 2.22. The topological polar surface area (TPSA) is 80.9 Å². The van der Waals surface area contributed by atoms with Crippen LogP contribution in [0.3, 0.4) is 0 Å². The van der Waals surface area contributed by atoms with E-state index in [2.05, 4.69) is 14.7 Å². The Balaban J connectivity index is 2.74. The number of nitrogens with two attached hydrogens (primary N) is 1. The number of amides is 1. The first-order valence-electron chi connectivity index (χ1n) is 4.27. The van der Waals surface area contributed by atoms with Crippen molar-refractivity contribution in [3.05, 3.63) is 5.82 Å². The lowest BCUT2D eigenvalue weighted by atomic mass is 9.96. The molecule has 0 bridgehead atoms. The minimum absolute atomic E-state index is 0.0373. The molecule has 1 aromatic heterocycles. The molecule has 14 heavy (non-hydrogen) atoms. The molecule has 1 aromatic rings. The van der Waals surface area contributed by atoms with Crippen LogP contribution in [0.4, 0.5) is 5.13 Å². The summed E-state index contributed by atoms with van der Waals surface area (Å²) in [5, 5.41) is 3.07. The minimum Gasteiger partial charge on any atom is -0.322 e. The average molecular weight is 214 g/mol. The predicted octanol–water partition coefficient (Wildman–Crippen LogP) is 0.733. The van der Waals surface area contributed by atoms with Gasteiger partial charge in [-0.3, -0.25) is 10.1 Å². The summed E-state index contributed by atoms with van der Waals surface area (Å²) in [6.45, 7) is 6.02. The van der Waals surface area contributed by atoms with Crippen LogP contribution >= 0.6 is 11.5 Å². The Labute approximate surface area is 86.9 Å². The SMILES string of the molecule is CC(C)(C)c1nsc(NC(=O)CN)n1. The molecule has 1 amide bonds. The van der Waals surface area contributed by atoms with Gasteiger partial charge in [0.05, 0.1) is 6.54 Å². The van der Waals surface area contributed by atoms with E-state index in [4.69, 9.17) is 5.73 Å². The summed E-state index contributed by atoms with van der Waals surface area (Å²) >= 11 is 1.17. The Morgan fingerprint density at radius 1 is 1.57 bits per heavy atom. The summed E-state index contributed by atoms with van der Waals surface area (Å²) in [4.78, 5) is 15.1. The molecule has 78 valence electrons. The van der Waals surface area contributed by atoms with Gasteiger partial charge in [0.15, 0.2) is 0 Å². The number of aromatic nitrogens is 2. The van der Waals surface area contributed by atoms with Crippen molar-refractivity contribution in [3.8, 4) is 0 Å². The Bertz CT molecular complexity index is 328.